The molecule has 0 saturated heterocycles. The second-order valence-corrected chi connectivity index (χ2v) is 7.57. The van der Waals surface area contributed by atoms with Gasteiger partial charge in [-0.05, 0) is 48.7 Å². The number of fused-ring (bicyclic) bond motifs is 1. The summed E-state index contributed by atoms with van der Waals surface area (Å²) in [5, 5.41) is 0.610. The molecule has 0 amide bonds. The van der Waals surface area contributed by atoms with Gasteiger partial charge in [-0.3, -0.25) is 9.59 Å². The molecule has 7 heteroatoms. The minimum absolute atomic E-state index is 0.318. The third kappa shape index (κ3) is 3.36. The van der Waals surface area contributed by atoms with Gasteiger partial charge in [0.15, 0.2) is 12.4 Å². The summed E-state index contributed by atoms with van der Waals surface area (Å²) in [4.78, 5) is 42.0. The van der Waals surface area contributed by atoms with Crippen LogP contribution in [0, 0.1) is 0 Å². The lowest BCUT2D eigenvalue weighted by Crippen LogP contribution is -2.35. The van der Waals surface area contributed by atoms with E-state index in [0.29, 0.717) is 34.5 Å². The molecule has 6 nitrogen and oxygen atoms in total. The number of carbonyl (C=O) groups excluding carboxylic acids is 2. The Bertz CT molecular complexity index is 1090. The van der Waals surface area contributed by atoms with Gasteiger partial charge < -0.3 is 14.7 Å². The summed E-state index contributed by atoms with van der Waals surface area (Å²) in [7, 11) is 0. The van der Waals surface area contributed by atoms with Gasteiger partial charge in [0, 0.05) is 10.6 Å². The molecular weight excluding hydrogens is 380 g/mol. The Labute approximate surface area is 165 Å². The number of H-pyrrole nitrogens is 2. The van der Waals surface area contributed by atoms with Crippen LogP contribution in [0.25, 0.3) is 11.0 Å². The van der Waals surface area contributed by atoms with Gasteiger partial charge in [-0.15, -0.1) is 0 Å². The van der Waals surface area contributed by atoms with Crippen LogP contribution in [0.2, 0.25) is 5.02 Å². The number of rotatable bonds is 5. The van der Waals surface area contributed by atoms with Crippen molar-refractivity contribution < 1.29 is 14.3 Å². The average Bonchev–Trinajstić information content (AvgIpc) is 3.32. The van der Waals surface area contributed by atoms with Gasteiger partial charge in [-0.25, -0.2) is 4.79 Å². The van der Waals surface area contributed by atoms with Crippen molar-refractivity contribution in [3.63, 3.8) is 0 Å². The number of nitrogens with one attached hydrogen (secondary N) is 2. The molecule has 0 aliphatic heterocycles. The molecule has 3 aromatic rings. The number of aromatic amines is 2. The largest absolute Gasteiger partial charge is 0.457 e. The van der Waals surface area contributed by atoms with Crippen LogP contribution in [0.4, 0.5) is 0 Å². The van der Waals surface area contributed by atoms with E-state index in [4.69, 9.17) is 16.3 Å². The van der Waals surface area contributed by atoms with Crippen molar-refractivity contribution in [2.45, 2.75) is 31.1 Å². The Kier molecular flexibility index (Phi) is 4.81. The molecular formula is C21H19ClN2O4. The maximum atomic E-state index is 12.9. The van der Waals surface area contributed by atoms with Crippen molar-refractivity contribution in [3.05, 3.63) is 69.1 Å². The second-order valence-electron chi connectivity index (χ2n) is 7.13. The summed E-state index contributed by atoms with van der Waals surface area (Å²) < 4.78 is 5.45. The summed E-state index contributed by atoms with van der Waals surface area (Å²) in [6.45, 7) is -0.339. The Morgan fingerprint density at radius 3 is 2.39 bits per heavy atom. The lowest BCUT2D eigenvalue weighted by atomic mass is 9.79. The first-order valence-corrected chi connectivity index (χ1v) is 9.54. The van der Waals surface area contributed by atoms with Crippen LogP contribution >= 0.6 is 11.6 Å². The van der Waals surface area contributed by atoms with E-state index in [1.54, 1.807) is 30.3 Å². The summed E-state index contributed by atoms with van der Waals surface area (Å²) in [6, 6.07) is 12.1. The normalized spacial score (nSPS) is 15.6. The van der Waals surface area contributed by atoms with E-state index < -0.39 is 5.41 Å². The molecule has 4 rings (SSSR count). The van der Waals surface area contributed by atoms with Crippen molar-refractivity contribution in [3.8, 4) is 0 Å². The highest BCUT2D eigenvalue weighted by atomic mass is 35.5. The summed E-state index contributed by atoms with van der Waals surface area (Å²) in [6.07, 6.45) is 3.25. The van der Waals surface area contributed by atoms with Crippen molar-refractivity contribution in [2.24, 2.45) is 0 Å². The van der Waals surface area contributed by atoms with Crippen molar-refractivity contribution in [1.82, 2.24) is 9.97 Å². The van der Waals surface area contributed by atoms with Crippen LogP contribution in [0.15, 0.2) is 47.3 Å². The fourth-order valence-electron chi connectivity index (χ4n) is 3.92. The minimum atomic E-state index is -0.722. The highest BCUT2D eigenvalue weighted by Crippen LogP contribution is 2.42. The maximum Gasteiger partial charge on any atom is 0.323 e. The monoisotopic (exact) mass is 398 g/mol. The zero-order valence-electron chi connectivity index (χ0n) is 15.1. The number of aromatic nitrogens is 2. The Hall–Kier alpha value is -2.86. The molecule has 2 aromatic carbocycles. The fourth-order valence-corrected chi connectivity index (χ4v) is 4.04. The zero-order chi connectivity index (χ0) is 19.7. The Balaban J connectivity index is 1.50. The van der Waals surface area contributed by atoms with E-state index in [-0.39, 0.29) is 24.0 Å². The SMILES string of the molecule is O=C(COC(=O)C1(c2ccc(Cl)cc2)CCCC1)c1ccc2[nH]c(=O)[nH]c2c1. The van der Waals surface area contributed by atoms with Crippen LogP contribution in [0.1, 0.15) is 41.6 Å². The molecule has 1 fully saturated rings. The number of esters is 1. The minimum Gasteiger partial charge on any atom is -0.457 e. The van der Waals surface area contributed by atoms with Crippen LogP contribution in [0.3, 0.4) is 0 Å². The number of halogens is 1. The lowest BCUT2D eigenvalue weighted by Gasteiger charge is -2.27. The van der Waals surface area contributed by atoms with E-state index >= 15 is 0 Å². The third-order valence-electron chi connectivity index (χ3n) is 5.42. The second kappa shape index (κ2) is 7.28. The molecule has 1 aliphatic rings. The first-order chi connectivity index (χ1) is 13.5. The maximum absolute atomic E-state index is 12.9. The summed E-state index contributed by atoms with van der Waals surface area (Å²) >= 11 is 5.97. The Morgan fingerprint density at radius 2 is 1.68 bits per heavy atom. The van der Waals surface area contributed by atoms with E-state index in [1.165, 1.54) is 0 Å². The molecule has 0 bridgehead atoms. The predicted octanol–water partition coefficient (Wildman–Crippen LogP) is 3.75. The number of hydrogen-bond acceptors (Lipinski definition) is 4. The molecule has 144 valence electrons. The van der Waals surface area contributed by atoms with Crippen LogP contribution in [-0.2, 0) is 14.9 Å². The number of Topliss-reactive ketones (excluding diaryl/α,β-unsaturated/α-hetero) is 1. The predicted molar refractivity (Wildman–Crippen MR) is 106 cm³/mol. The standard InChI is InChI=1S/C21H19ClN2O4/c22-15-6-4-14(5-7-15)21(9-1-2-10-21)19(26)28-12-18(25)13-3-8-16-17(11-13)24-20(27)23-16/h3-8,11H,1-2,9-10,12H2,(H2,23,24,27). The number of benzene rings is 2. The molecule has 2 N–H and O–H groups in total. The topological polar surface area (TPSA) is 92.0 Å². The van der Waals surface area contributed by atoms with E-state index in [1.807, 2.05) is 12.1 Å². The first kappa shape index (κ1) is 18.5. The fraction of sp³-hybridized carbons (Fsp3) is 0.286. The molecule has 28 heavy (non-hydrogen) atoms. The van der Waals surface area contributed by atoms with E-state index in [0.717, 1.165) is 18.4 Å². The molecule has 1 saturated carbocycles. The first-order valence-electron chi connectivity index (χ1n) is 9.16. The summed E-state index contributed by atoms with van der Waals surface area (Å²) in [5.41, 5.74) is 1.35. The Morgan fingerprint density at radius 1 is 1.00 bits per heavy atom. The van der Waals surface area contributed by atoms with Gasteiger partial charge in [0.25, 0.3) is 0 Å². The van der Waals surface area contributed by atoms with Crippen LogP contribution in [-0.4, -0.2) is 28.3 Å². The average molecular weight is 399 g/mol. The van der Waals surface area contributed by atoms with Gasteiger partial charge in [0.2, 0.25) is 0 Å². The van der Waals surface area contributed by atoms with Crippen molar-refractivity contribution in [1.29, 1.82) is 0 Å². The molecule has 1 aliphatic carbocycles. The quantitative estimate of drug-likeness (QED) is 0.505. The number of hydrogen-bond donors (Lipinski definition) is 2. The lowest BCUT2D eigenvalue weighted by molar-refractivity contribution is -0.149. The number of carbonyl (C=O) groups is 2. The molecule has 0 atom stereocenters. The highest BCUT2D eigenvalue weighted by molar-refractivity contribution is 6.30. The van der Waals surface area contributed by atoms with E-state index in [2.05, 4.69) is 9.97 Å². The van der Waals surface area contributed by atoms with Gasteiger partial charge in [-0.2, -0.15) is 0 Å². The van der Waals surface area contributed by atoms with Crippen LogP contribution in [0.5, 0.6) is 0 Å². The molecule has 0 unspecified atom stereocenters. The molecule has 0 radical (unpaired) electrons. The van der Waals surface area contributed by atoms with Gasteiger partial charge in [-0.1, -0.05) is 36.6 Å². The van der Waals surface area contributed by atoms with Crippen LogP contribution < -0.4 is 5.69 Å². The van der Waals surface area contributed by atoms with Gasteiger partial charge >= 0.3 is 11.7 Å². The smallest absolute Gasteiger partial charge is 0.323 e. The molecule has 1 heterocycles. The highest BCUT2D eigenvalue weighted by Gasteiger charge is 2.44. The number of ether oxygens (including phenoxy) is 1. The van der Waals surface area contributed by atoms with E-state index in [9.17, 15) is 14.4 Å². The zero-order valence-corrected chi connectivity index (χ0v) is 15.8. The van der Waals surface area contributed by atoms with Gasteiger partial charge in [0.05, 0.1) is 16.4 Å². The number of imidazole rings is 1. The van der Waals surface area contributed by atoms with Crippen molar-refractivity contribution in [2.75, 3.05) is 6.61 Å². The summed E-state index contributed by atoms with van der Waals surface area (Å²) in [5.74, 6) is -0.696. The number of ketones is 1. The molecule has 1 aromatic heterocycles. The third-order valence-corrected chi connectivity index (χ3v) is 5.67. The van der Waals surface area contributed by atoms with Crippen molar-refractivity contribution >= 4 is 34.4 Å². The molecule has 0 spiro atoms. The van der Waals surface area contributed by atoms with Gasteiger partial charge in [0.1, 0.15) is 0 Å².